The van der Waals surface area contributed by atoms with Gasteiger partial charge < -0.3 is 19.5 Å². The molecule has 1 N–H and O–H groups in total. The number of carbonyl (C=O) groups is 1. The second-order valence-corrected chi connectivity index (χ2v) is 5.07. The first kappa shape index (κ1) is 15.8. The van der Waals surface area contributed by atoms with E-state index in [1.54, 1.807) is 19.2 Å². The molecule has 2 rings (SSSR count). The lowest BCUT2D eigenvalue weighted by molar-refractivity contribution is 0.0679. The van der Waals surface area contributed by atoms with E-state index in [9.17, 15) is 4.79 Å². The monoisotopic (exact) mass is 293 g/mol. The van der Waals surface area contributed by atoms with Gasteiger partial charge in [0.15, 0.2) is 0 Å². The maximum absolute atomic E-state index is 11.9. The van der Waals surface area contributed by atoms with Crippen LogP contribution >= 0.6 is 0 Å². The molecule has 0 aliphatic carbocycles. The van der Waals surface area contributed by atoms with Gasteiger partial charge in [-0.2, -0.15) is 0 Å². The van der Waals surface area contributed by atoms with E-state index < -0.39 is 0 Å². The maximum atomic E-state index is 11.9. The Morgan fingerprint density at radius 2 is 2.19 bits per heavy atom. The molecule has 0 aromatic heterocycles. The fraction of sp³-hybridized carbons (Fsp3) is 0.562. The Bertz CT molecular complexity index is 426. The predicted octanol–water partition coefficient (Wildman–Crippen LogP) is 2.01. The lowest BCUT2D eigenvalue weighted by atomic mass is 10.2. The van der Waals surface area contributed by atoms with Crippen molar-refractivity contribution in [2.45, 2.75) is 25.4 Å². The van der Waals surface area contributed by atoms with Gasteiger partial charge in [-0.25, -0.2) is 0 Å². The van der Waals surface area contributed by atoms with Crippen LogP contribution in [0.1, 0.15) is 29.6 Å². The van der Waals surface area contributed by atoms with Gasteiger partial charge in [-0.1, -0.05) is 0 Å². The Morgan fingerprint density at radius 3 is 2.86 bits per heavy atom. The van der Waals surface area contributed by atoms with Crippen molar-refractivity contribution >= 4 is 5.91 Å². The molecule has 116 valence electrons. The van der Waals surface area contributed by atoms with Crippen LogP contribution in [-0.2, 0) is 9.47 Å². The number of benzene rings is 1. The molecule has 5 nitrogen and oxygen atoms in total. The molecule has 1 unspecified atom stereocenters. The minimum Gasteiger partial charge on any atom is -0.491 e. The van der Waals surface area contributed by atoms with E-state index in [1.807, 2.05) is 12.1 Å². The quantitative estimate of drug-likeness (QED) is 0.745. The summed E-state index contributed by atoms with van der Waals surface area (Å²) in [6.07, 6.45) is 3.18. The topological polar surface area (TPSA) is 56.8 Å². The number of hydrogen-bond acceptors (Lipinski definition) is 4. The highest BCUT2D eigenvalue weighted by Gasteiger charge is 2.16. The standard InChI is InChI=1S/C16H23NO4/c1-19-10-3-9-17-16(18)13-5-7-14(8-6-13)21-12-15-4-2-11-20-15/h5-8,15H,2-4,9-12H2,1H3,(H,17,18). The van der Waals surface area contributed by atoms with Crippen molar-refractivity contribution in [3.8, 4) is 5.75 Å². The van der Waals surface area contributed by atoms with Gasteiger partial charge in [-0.15, -0.1) is 0 Å². The average Bonchev–Trinajstić information content (AvgIpc) is 3.03. The summed E-state index contributed by atoms with van der Waals surface area (Å²) in [6, 6.07) is 7.19. The summed E-state index contributed by atoms with van der Waals surface area (Å²) < 4.78 is 16.1. The number of amides is 1. The normalized spacial score (nSPS) is 17.7. The molecule has 1 aromatic rings. The highest BCUT2D eigenvalue weighted by atomic mass is 16.5. The first-order chi connectivity index (χ1) is 10.3. The van der Waals surface area contributed by atoms with Gasteiger partial charge in [0.2, 0.25) is 0 Å². The maximum Gasteiger partial charge on any atom is 0.251 e. The third kappa shape index (κ3) is 5.36. The SMILES string of the molecule is COCCCNC(=O)c1ccc(OCC2CCCO2)cc1. The first-order valence-electron chi connectivity index (χ1n) is 7.41. The molecular formula is C16H23NO4. The highest BCUT2D eigenvalue weighted by molar-refractivity contribution is 5.94. The van der Waals surface area contributed by atoms with Gasteiger partial charge in [0, 0.05) is 32.4 Å². The van der Waals surface area contributed by atoms with E-state index in [0.29, 0.717) is 25.3 Å². The largest absolute Gasteiger partial charge is 0.491 e. The summed E-state index contributed by atoms with van der Waals surface area (Å²) in [5, 5.41) is 2.85. The number of rotatable bonds is 8. The number of ether oxygens (including phenoxy) is 3. The molecule has 1 aliphatic heterocycles. The molecular weight excluding hydrogens is 270 g/mol. The van der Waals surface area contributed by atoms with E-state index in [0.717, 1.165) is 31.6 Å². The van der Waals surface area contributed by atoms with E-state index in [2.05, 4.69) is 5.32 Å². The Kier molecular flexibility index (Phi) is 6.50. The van der Waals surface area contributed by atoms with Crippen molar-refractivity contribution in [2.75, 3.05) is 33.5 Å². The summed E-state index contributed by atoms with van der Waals surface area (Å²) in [7, 11) is 1.65. The second-order valence-electron chi connectivity index (χ2n) is 5.07. The van der Waals surface area contributed by atoms with Gasteiger partial charge in [-0.05, 0) is 43.5 Å². The molecule has 0 spiro atoms. The molecule has 5 heteroatoms. The summed E-state index contributed by atoms with van der Waals surface area (Å²) in [5.74, 6) is 0.693. The Balaban J connectivity index is 1.73. The number of carbonyl (C=O) groups excluding carboxylic acids is 1. The zero-order valence-electron chi connectivity index (χ0n) is 12.5. The zero-order valence-corrected chi connectivity index (χ0v) is 12.5. The summed E-state index contributed by atoms with van der Waals surface area (Å²) in [5.41, 5.74) is 0.636. The van der Waals surface area contributed by atoms with E-state index in [4.69, 9.17) is 14.2 Å². The van der Waals surface area contributed by atoms with Crippen molar-refractivity contribution in [1.82, 2.24) is 5.32 Å². The fourth-order valence-electron chi connectivity index (χ4n) is 2.19. The van der Waals surface area contributed by atoms with Gasteiger partial charge in [0.1, 0.15) is 12.4 Å². The highest BCUT2D eigenvalue weighted by Crippen LogP contribution is 2.16. The minimum atomic E-state index is -0.0724. The molecule has 1 aliphatic rings. The molecule has 1 heterocycles. The van der Waals surface area contributed by atoms with E-state index in [1.165, 1.54) is 0 Å². The van der Waals surface area contributed by atoms with Crippen molar-refractivity contribution in [3.63, 3.8) is 0 Å². The Hall–Kier alpha value is -1.59. The van der Waals surface area contributed by atoms with Crippen LogP contribution in [-0.4, -0.2) is 45.5 Å². The predicted molar refractivity (Wildman–Crippen MR) is 79.7 cm³/mol. The molecule has 0 radical (unpaired) electrons. The average molecular weight is 293 g/mol. The van der Waals surface area contributed by atoms with Crippen LogP contribution in [0.2, 0.25) is 0 Å². The molecule has 1 fully saturated rings. The van der Waals surface area contributed by atoms with Gasteiger partial charge in [0.25, 0.3) is 5.91 Å². The van der Waals surface area contributed by atoms with Gasteiger partial charge in [0.05, 0.1) is 6.10 Å². The van der Waals surface area contributed by atoms with Crippen molar-refractivity contribution < 1.29 is 19.0 Å². The smallest absolute Gasteiger partial charge is 0.251 e. The first-order valence-corrected chi connectivity index (χ1v) is 7.41. The summed E-state index contributed by atoms with van der Waals surface area (Å²) >= 11 is 0. The molecule has 1 atom stereocenters. The lowest BCUT2D eigenvalue weighted by Crippen LogP contribution is -2.25. The third-order valence-electron chi connectivity index (χ3n) is 3.39. The van der Waals surface area contributed by atoms with Crippen LogP contribution in [0, 0.1) is 0 Å². The summed E-state index contributed by atoms with van der Waals surface area (Å²) in [6.45, 7) is 2.67. The third-order valence-corrected chi connectivity index (χ3v) is 3.39. The van der Waals surface area contributed by atoms with Crippen LogP contribution in [0.25, 0.3) is 0 Å². The fourth-order valence-corrected chi connectivity index (χ4v) is 2.19. The van der Waals surface area contributed by atoms with Crippen molar-refractivity contribution in [1.29, 1.82) is 0 Å². The van der Waals surface area contributed by atoms with Crippen LogP contribution in [0.5, 0.6) is 5.75 Å². The molecule has 0 bridgehead atoms. The number of hydrogen-bond donors (Lipinski definition) is 1. The number of nitrogens with one attached hydrogen (secondary N) is 1. The number of methoxy groups -OCH3 is 1. The molecule has 0 saturated carbocycles. The Labute approximate surface area is 125 Å². The molecule has 1 amide bonds. The lowest BCUT2D eigenvalue weighted by Gasteiger charge is -2.11. The molecule has 1 saturated heterocycles. The van der Waals surface area contributed by atoms with Crippen molar-refractivity contribution in [3.05, 3.63) is 29.8 Å². The van der Waals surface area contributed by atoms with Crippen LogP contribution < -0.4 is 10.1 Å². The van der Waals surface area contributed by atoms with Gasteiger partial charge >= 0.3 is 0 Å². The van der Waals surface area contributed by atoms with Gasteiger partial charge in [-0.3, -0.25) is 4.79 Å². The van der Waals surface area contributed by atoms with E-state index in [-0.39, 0.29) is 12.0 Å². The van der Waals surface area contributed by atoms with Crippen molar-refractivity contribution in [2.24, 2.45) is 0 Å². The summed E-state index contributed by atoms with van der Waals surface area (Å²) in [4.78, 5) is 11.9. The second kappa shape index (κ2) is 8.64. The molecule has 1 aromatic carbocycles. The zero-order chi connectivity index (χ0) is 14.9. The molecule has 21 heavy (non-hydrogen) atoms. The Morgan fingerprint density at radius 1 is 1.38 bits per heavy atom. The van der Waals surface area contributed by atoms with Crippen LogP contribution in [0.4, 0.5) is 0 Å². The van der Waals surface area contributed by atoms with E-state index >= 15 is 0 Å². The van der Waals surface area contributed by atoms with Crippen LogP contribution in [0.15, 0.2) is 24.3 Å². The minimum absolute atomic E-state index is 0.0724. The van der Waals surface area contributed by atoms with Crippen LogP contribution in [0.3, 0.4) is 0 Å².